The van der Waals surface area contributed by atoms with Crippen LogP contribution < -0.4 is 15.9 Å². The van der Waals surface area contributed by atoms with Gasteiger partial charge < -0.3 is 13.9 Å². The molecule has 2 aromatic carbocycles. The molecule has 8 heteroatoms. The Balaban J connectivity index is 1.47. The van der Waals surface area contributed by atoms with Crippen LogP contribution in [-0.4, -0.2) is 22.6 Å². The number of para-hydroxylation sites is 1. The van der Waals surface area contributed by atoms with E-state index in [1.165, 1.54) is 17.7 Å². The zero-order chi connectivity index (χ0) is 22.0. The number of methoxy groups -OCH3 is 1. The lowest BCUT2D eigenvalue weighted by Gasteiger charge is -2.10. The van der Waals surface area contributed by atoms with Gasteiger partial charge in [0.2, 0.25) is 0 Å². The van der Waals surface area contributed by atoms with Gasteiger partial charge in [0.1, 0.15) is 23.8 Å². The summed E-state index contributed by atoms with van der Waals surface area (Å²) >= 11 is 0. The van der Waals surface area contributed by atoms with Crippen molar-refractivity contribution in [3.63, 3.8) is 0 Å². The van der Waals surface area contributed by atoms with Crippen molar-refractivity contribution < 1.29 is 18.7 Å². The highest BCUT2D eigenvalue weighted by Crippen LogP contribution is 2.23. The van der Waals surface area contributed by atoms with E-state index in [2.05, 4.69) is 4.98 Å². The van der Waals surface area contributed by atoms with Crippen LogP contribution in [0.2, 0.25) is 0 Å². The highest BCUT2D eigenvalue weighted by molar-refractivity contribution is 5.82. The number of esters is 1. The monoisotopic (exact) mass is 420 g/mol. The first-order valence-electron chi connectivity index (χ1n) is 9.67. The summed E-state index contributed by atoms with van der Waals surface area (Å²) in [5, 5.41) is 1.19. The first-order valence-corrected chi connectivity index (χ1v) is 9.67. The SMILES string of the molecule is COc1ccc2c(COC(=O)CCc3nc4ccccc4c(=O)n3C)cc(=O)oc2c1. The predicted molar refractivity (Wildman–Crippen MR) is 114 cm³/mol. The number of aromatic nitrogens is 2. The third-order valence-electron chi connectivity index (χ3n) is 5.05. The zero-order valence-corrected chi connectivity index (χ0v) is 17.1. The maximum atomic E-state index is 12.5. The van der Waals surface area contributed by atoms with Gasteiger partial charge >= 0.3 is 11.6 Å². The lowest BCUT2D eigenvalue weighted by molar-refractivity contribution is -0.144. The van der Waals surface area contributed by atoms with Gasteiger partial charge in [-0.2, -0.15) is 0 Å². The number of rotatable bonds is 6. The molecule has 2 aromatic heterocycles. The van der Waals surface area contributed by atoms with Crippen molar-refractivity contribution in [3.8, 4) is 5.75 Å². The number of ether oxygens (including phenoxy) is 2. The average Bonchev–Trinajstić information content (AvgIpc) is 2.78. The summed E-state index contributed by atoms with van der Waals surface area (Å²) < 4.78 is 17.1. The second-order valence-electron chi connectivity index (χ2n) is 7.02. The fourth-order valence-corrected chi connectivity index (χ4v) is 3.39. The van der Waals surface area contributed by atoms with Gasteiger partial charge in [0.05, 0.1) is 24.4 Å². The van der Waals surface area contributed by atoms with E-state index in [-0.39, 0.29) is 25.0 Å². The van der Waals surface area contributed by atoms with Crippen molar-refractivity contribution in [1.82, 2.24) is 9.55 Å². The molecule has 0 spiro atoms. The van der Waals surface area contributed by atoms with Crippen LogP contribution in [0.4, 0.5) is 0 Å². The minimum Gasteiger partial charge on any atom is -0.497 e. The van der Waals surface area contributed by atoms with Crippen molar-refractivity contribution in [1.29, 1.82) is 0 Å². The van der Waals surface area contributed by atoms with E-state index in [0.717, 1.165) is 0 Å². The molecule has 4 aromatic rings. The molecule has 8 nitrogen and oxygen atoms in total. The number of hydrogen-bond donors (Lipinski definition) is 0. The van der Waals surface area contributed by atoms with Crippen molar-refractivity contribution in [2.75, 3.05) is 7.11 Å². The number of benzene rings is 2. The summed E-state index contributed by atoms with van der Waals surface area (Å²) in [6, 6.07) is 13.5. The third-order valence-corrected chi connectivity index (χ3v) is 5.05. The predicted octanol–water partition coefficient (Wildman–Crippen LogP) is 2.72. The maximum Gasteiger partial charge on any atom is 0.336 e. The Morgan fingerprint density at radius 1 is 1.10 bits per heavy atom. The normalized spacial score (nSPS) is 11.0. The highest BCUT2D eigenvalue weighted by Gasteiger charge is 2.13. The van der Waals surface area contributed by atoms with Crippen molar-refractivity contribution >= 4 is 27.8 Å². The van der Waals surface area contributed by atoms with E-state index in [4.69, 9.17) is 13.9 Å². The summed E-state index contributed by atoms with van der Waals surface area (Å²) in [7, 11) is 3.15. The fourth-order valence-electron chi connectivity index (χ4n) is 3.39. The summed E-state index contributed by atoms with van der Waals surface area (Å²) in [5.41, 5.74) is 0.785. The molecule has 0 atom stereocenters. The molecule has 0 aliphatic heterocycles. The molecule has 0 amide bonds. The quantitative estimate of drug-likeness (QED) is 0.349. The molecule has 0 saturated carbocycles. The van der Waals surface area contributed by atoms with E-state index < -0.39 is 11.6 Å². The van der Waals surface area contributed by atoms with Crippen LogP contribution in [0.5, 0.6) is 5.75 Å². The number of fused-ring (bicyclic) bond motifs is 2. The lowest BCUT2D eigenvalue weighted by Crippen LogP contribution is -2.23. The summed E-state index contributed by atoms with van der Waals surface area (Å²) in [6.45, 7) is -0.0721. The minimum atomic E-state index is -0.540. The number of nitrogens with zero attached hydrogens (tertiary/aromatic N) is 2. The average molecular weight is 420 g/mol. The Morgan fingerprint density at radius 2 is 1.90 bits per heavy atom. The van der Waals surface area contributed by atoms with Crippen molar-refractivity contribution in [2.45, 2.75) is 19.4 Å². The van der Waals surface area contributed by atoms with Crippen LogP contribution in [0.25, 0.3) is 21.9 Å². The largest absolute Gasteiger partial charge is 0.497 e. The van der Waals surface area contributed by atoms with Gasteiger partial charge in [0.25, 0.3) is 5.56 Å². The Kier molecular flexibility index (Phi) is 5.53. The second-order valence-corrected chi connectivity index (χ2v) is 7.02. The molecule has 0 unspecified atom stereocenters. The highest BCUT2D eigenvalue weighted by atomic mass is 16.5. The molecular formula is C23H20N2O6. The van der Waals surface area contributed by atoms with Gasteiger partial charge in [-0.3, -0.25) is 14.2 Å². The lowest BCUT2D eigenvalue weighted by atomic mass is 10.1. The van der Waals surface area contributed by atoms with E-state index in [1.807, 2.05) is 6.07 Å². The van der Waals surface area contributed by atoms with E-state index in [9.17, 15) is 14.4 Å². The van der Waals surface area contributed by atoms with Gasteiger partial charge in [-0.15, -0.1) is 0 Å². The molecule has 0 saturated heterocycles. The molecule has 158 valence electrons. The molecule has 0 aliphatic rings. The zero-order valence-electron chi connectivity index (χ0n) is 17.1. The number of carbonyl (C=O) groups is 1. The van der Waals surface area contributed by atoms with Gasteiger partial charge in [-0.1, -0.05) is 12.1 Å². The van der Waals surface area contributed by atoms with E-state index in [0.29, 0.717) is 39.0 Å². The number of aryl methyl sites for hydroxylation is 1. The van der Waals surface area contributed by atoms with E-state index in [1.54, 1.807) is 43.4 Å². The van der Waals surface area contributed by atoms with Gasteiger partial charge in [0, 0.05) is 36.6 Å². The Hall–Kier alpha value is -3.94. The molecule has 0 N–H and O–H groups in total. The fraction of sp³-hybridized carbons (Fsp3) is 0.217. The summed E-state index contributed by atoms with van der Waals surface area (Å²) in [4.78, 5) is 41.1. The molecule has 31 heavy (non-hydrogen) atoms. The van der Waals surface area contributed by atoms with Gasteiger partial charge in [-0.25, -0.2) is 9.78 Å². The van der Waals surface area contributed by atoms with Crippen LogP contribution in [0.1, 0.15) is 17.8 Å². The minimum absolute atomic E-state index is 0.0474. The van der Waals surface area contributed by atoms with E-state index >= 15 is 0 Å². The standard InChI is InChI=1S/C23H20N2O6/c1-25-20(24-18-6-4-3-5-17(18)23(25)28)9-10-21(26)30-13-14-11-22(27)31-19-12-15(29-2)7-8-16(14)19/h3-8,11-12H,9-10,13H2,1-2H3. The number of hydrogen-bond acceptors (Lipinski definition) is 7. The molecule has 0 radical (unpaired) electrons. The van der Waals surface area contributed by atoms with Crippen LogP contribution in [0.3, 0.4) is 0 Å². The molecule has 0 bridgehead atoms. The molecule has 0 aliphatic carbocycles. The maximum absolute atomic E-state index is 12.5. The topological polar surface area (TPSA) is 101 Å². The first kappa shape index (κ1) is 20.3. The molecule has 0 fully saturated rings. The Morgan fingerprint density at radius 3 is 2.71 bits per heavy atom. The van der Waals surface area contributed by atoms with Crippen LogP contribution in [-0.2, 0) is 29.6 Å². The van der Waals surface area contributed by atoms with Crippen LogP contribution in [0, 0.1) is 0 Å². The summed E-state index contributed by atoms with van der Waals surface area (Å²) in [6.07, 6.45) is 0.302. The molecule has 4 rings (SSSR count). The van der Waals surface area contributed by atoms with Gasteiger partial charge in [-0.05, 0) is 24.3 Å². The van der Waals surface area contributed by atoms with Crippen molar-refractivity contribution in [3.05, 3.63) is 80.7 Å². The third kappa shape index (κ3) is 4.18. The van der Waals surface area contributed by atoms with Crippen molar-refractivity contribution in [2.24, 2.45) is 7.05 Å². The van der Waals surface area contributed by atoms with Crippen LogP contribution >= 0.6 is 0 Å². The number of carbonyl (C=O) groups excluding carboxylic acids is 1. The smallest absolute Gasteiger partial charge is 0.336 e. The second kappa shape index (κ2) is 8.43. The first-order chi connectivity index (χ1) is 15.0. The summed E-state index contributed by atoms with van der Waals surface area (Å²) in [5.74, 6) is 0.592. The Labute approximate surface area is 176 Å². The van der Waals surface area contributed by atoms with Gasteiger partial charge in [0.15, 0.2) is 0 Å². The Bertz CT molecular complexity index is 1400. The molecule has 2 heterocycles. The molecular weight excluding hydrogens is 400 g/mol. The van der Waals surface area contributed by atoms with Crippen LogP contribution in [0.15, 0.2) is 62.5 Å².